The van der Waals surface area contributed by atoms with Gasteiger partial charge in [-0.2, -0.15) is 0 Å². The van der Waals surface area contributed by atoms with E-state index in [-0.39, 0.29) is 0 Å². The summed E-state index contributed by atoms with van der Waals surface area (Å²) in [6.45, 7) is 2.83. The van der Waals surface area contributed by atoms with Gasteiger partial charge in [-0.25, -0.2) is 0 Å². The van der Waals surface area contributed by atoms with E-state index < -0.39 is 0 Å². The van der Waals surface area contributed by atoms with Gasteiger partial charge in [0, 0.05) is 0 Å². The fourth-order valence-corrected chi connectivity index (χ4v) is 2.03. The van der Waals surface area contributed by atoms with Crippen LogP contribution in [0.5, 0.6) is 0 Å². The van der Waals surface area contributed by atoms with Crippen molar-refractivity contribution in [1.82, 2.24) is 0 Å². The number of nitrogens with zero attached hydrogens (tertiary/aromatic N) is 1. The van der Waals surface area contributed by atoms with Crippen LogP contribution >= 0.6 is 0 Å². The first-order valence-corrected chi connectivity index (χ1v) is 6.28. The molecule has 0 amide bonds. The standard InChI is InChI=1S/C15H20N2/c1-12(14-8-5-9-14)10-15(16)17-11-13-6-3-2-4-7-13/h2-4,6-7,10,14H,5,8-9,11H2,1H3,(H2,16,17)/b12-10+. The molecule has 1 aromatic rings. The molecular weight excluding hydrogens is 208 g/mol. The third-order valence-electron chi connectivity index (χ3n) is 3.41. The molecule has 0 unspecified atom stereocenters. The molecule has 2 nitrogen and oxygen atoms in total. The Labute approximate surface area is 103 Å². The number of benzene rings is 1. The predicted molar refractivity (Wildman–Crippen MR) is 72.9 cm³/mol. The van der Waals surface area contributed by atoms with Gasteiger partial charge in [-0.1, -0.05) is 42.3 Å². The third kappa shape index (κ3) is 3.45. The van der Waals surface area contributed by atoms with Gasteiger partial charge in [0.2, 0.25) is 0 Å². The molecule has 2 rings (SSSR count). The molecule has 0 aliphatic heterocycles. The summed E-state index contributed by atoms with van der Waals surface area (Å²) in [7, 11) is 0. The van der Waals surface area contributed by atoms with Crippen molar-refractivity contribution in [3.63, 3.8) is 0 Å². The largest absolute Gasteiger partial charge is 0.384 e. The van der Waals surface area contributed by atoms with Crippen molar-refractivity contribution < 1.29 is 0 Å². The van der Waals surface area contributed by atoms with Crippen molar-refractivity contribution in [1.29, 1.82) is 0 Å². The van der Waals surface area contributed by atoms with Gasteiger partial charge in [0.05, 0.1) is 6.54 Å². The van der Waals surface area contributed by atoms with E-state index in [1.807, 2.05) is 24.3 Å². The molecule has 1 saturated carbocycles. The van der Waals surface area contributed by atoms with Gasteiger partial charge in [-0.15, -0.1) is 0 Å². The van der Waals surface area contributed by atoms with Gasteiger partial charge in [0.25, 0.3) is 0 Å². The Morgan fingerprint density at radius 3 is 2.65 bits per heavy atom. The van der Waals surface area contributed by atoms with Crippen molar-refractivity contribution in [2.45, 2.75) is 32.7 Å². The molecule has 0 radical (unpaired) electrons. The quantitative estimate of drug-likeness (QED) is 0.623. The zero-order valence-electron chi connectivity index (χ0n) is 10.4. The lowest BCUT2D eigenvalue weighted by atomic mass is 9.80. The minimum atomic E-state index is 0.651. The van der Waals surface area contributed by atoms with E-state index in [4.69, 9.17) is 5.73 Å². The average Bonchev–Trinajstić information content (AvgIpc) is 2.25. The topological polar surface area (TPSA) is 38.4 Å². The molecule has 17 heavy (non-hydrogen) atoms. The number of nitrogens with two attached hydrogens (primary N) is 1. The highest BCUT2D eigenvalue weighted by Gasteiger charge is 2.18. The summed E-state index contributed by atoms with van der Waals surface area (Å²) < 4.78 is 0. The van der Waals surface area contributed by atoms with Crippen LogP contribution in [0.4, 0.5) is 0 Å². The van der Waals surface area contributed by atoms with Crippen molar-refractivity contribution in [3.05, 3.63) is 47.5 Å². The van der Waals surface area contributed by atoms with Crippen molar-refractivity contribution in [2.75, 3.05) is 0 Å². The Morgan fingerprint density at radius 2 is 2.06 bits per heavy atom. The van der Waals surface area contributed by atoms with Crippen LogP contribution < -0.4 is 5.73 Å². The minimum Gasteiger partial charge on any atom is -0.384 e. The Hall–Kier alpha value is -1.57. The van der Waals surface area contributed by atoms with Gasteiger partial charge in [-0.05, 0) is 37.3 Å². The van der Waals surface area contributed by atoms with Crippen LogP contribution in [0.15, 0.2) is 47.0 Å². The highest BCUT2D eigenvalue weighted by Crippen LogP contribution is 2.32. The Kier molecular flexibility index (Phi) is 3.97. The summed E-state index contributed by atoms with van der Waals surface area (Å²) in [5.74, 6) is 1.40. The fraction of sp³-hybridized carbons (Fsp3) is 0.400. The first-order chi connectivity index (χ1) is 8.25. The maximum Gasteiger partial charge on any atom is 0.118 e. The van der Waals surface area contributed by atoms with E-state index >= 15 is 0 Å². The average molecular weight is 228 g/mol. The number of aliphatic imine (C=N–C) groups is 1. The monoisotopic (exact) mass is 228 g/mol. The minimum absolute atomic E-state index is 0.651. The molecule has 2 heteroatoms. The number of hydrogen-bond acceptors (Lipinski definition) is 1. The van der Waals surface area contributed by atoms with Crippen LogP contribution in [-0.4, -0.2) is 5.84 Å². The van der Waals surface area contributed by atoms with Gasteiger partial charge in [-0.3, -0.25) is 4.99 Å². The van der Waals surface area contributed by atoms with Crippen LogP contribution in [0, 0.1) is 5.92 Å². The molecular formula is C15H20N2. The lowest BCUT2D eigenvalue weighted by Crippen LogP contribution is -2.16. The Morgan fingerprint density at radius 1 is 1.35 bits per heavy atom. The lowest BCUT2D eigenvalue weighted by molar-refractivity contribution is 0.368. The van der Waals surface area contributed by atoms with E-state index in [2.05, 4.69) is 24.0 Å². The second-order valence-corrected chi connectivity index (χ2v) is 4.74. The highest BCUT2D eigenvalue weighted by molar-refractivity contribution is 5.92. The van der Waals surface area contributed by atoms with E-state index in [0.717, 1.165) is 5.92 Å². The summed E-state index contributed by atoms with van der Waals surface area (Å²) in [4.78, 5) is 4.39. The maximum atomic E-state index is 5.91. The summed E-state index contributed by atoms with van der Waals surface area (Å²) in [6.07, 6.45) is 6.02. The molecule has 1 aliphatic carbocycles. The van der Waals surface area contributed by atoms with E-state index in [1.165, 1.54) is 30.4 Å². The number of rotatable bonds is 4. The molecule has 0 bridgehead atoms. The van der Waals surface area contributed by atoms with E-state index in [9.17, 15) is 0 Å². The van der Waals surface area contributed by atoms with Crippen LogP contribution in [-0.2, 0) is 6.54 Å². The smallest absolute Gasteiger partial charge is 0.118 e. The molecule has 0 heterocycles. The van der Waals surface area contributed by atoms with Crippen molar-refractivity contribution in [2.24, 2.45) is 16.6 Å². The summed E-state index contributed by atoms with van der Waals surface area (Å²) in [5.41, 5.74) is 8.49. The number of allylic oxidation sites excluding steroid dienone is 1. The van der Waals surface area contributed by atoms with Crippen LogP contribution in [0.1, 0.15) is 31.7 Å². The fourth-order valence-electron chi connectivity index (χ4n) is 2.03. The van der Waals surface area contributed by atoms with Crippen LogP contribution in [0.2, 0.25) is 0 Å². The predicted octanol–water partition coefficient (Wildman–Crippen LogP) is 3.29. The Balaban J connectivity index is 1.93. The highest BCUT2D eigenvalue weighted by atomic mass is 14.8. The van der Waals surface area contributed by atoms with Gasteiger partial charge in [0.15, 0.2) is 0 Å². The SMILES string of the molecule is C/C(=C\C(N)=NCc1ccccc1)C1CCC1. The van der Waals surface area contributed by atoms with Crippen molar-refractivity contribution >= 4 is 5.84 Å². The first kappa shape index (κ1) is 11.9. The number of amidine groups is 1. The van der Waals surface area contributed by atoms with Gasteiger partial charge in [0.1, 0.15) is 5.84 Å². The molecule has 0 aromatic heterocycles. The summed E-state index contributed by atoms with van der Waals surface area (Å²) >= 11 is 0. The third-order valence-corrected chi connectivity index (χ3v) is 3.41. The summed E-state index contributed by atoms with van der Waals surface area (Å²) in [5, 5.41) is 0. The molecule has 1 aromatic carbocycles. The van der Waals surface area contributed by atoms with Gasteiger partial charge < -0.3 is 5.73 Å². The number of hydrogen-bond donors (Lipinski definition) is 1. The normalized spacial score (nSPS) is 17.9. The van der Waals surface area contributed by atoms with Crippen LogP contribution in [0.3, 0.4) is 0 Å². The van der Waals surface area contributed by atoms with Crippen molar-refractivity contribution in [3.8, 4) is 0 Å². The maximum absolute atomic E-state index is 5.91. The molecule has 1 fully saturated rings. The second kappa shape index (κ2) is 5.67. The molecule has 1 aliphatic rings. The molecule has 0 saturated heterocycles. The van der Waals surface area contributed by atoms with E-state index in [0.29, 0.717) is 12.4 Å². The molecule has 2 N–H and O–H groups in total. The summed E-state index contributed by atoms with van der Waals surface area (Å²) in [6, 6.07) is 10.2. The van der Waals surface area contributed by atoms with Crippen LogP contribution in [0.25, 0.3) is 0 Å². The zero-order valence-corrected chi connectivity index (χ0v) is 10.4. The molecule has 0 atom stereocenters. The van der Waals surface area contributed by atoms with E-state index in [1.54, 1.807) is 0 Å². The van der Waals surface area contributed by atoms with Gasteiger partial charge >= 0.3 is 0 Å². The Bertz CT molecular complexity index is 414. The first-order valence-electron chi connectivity index (χ1n) is 6.28. The molecule has 90 valence electrons. The lowest BCUT2D eigenvalue weighted by Gasteiger charge is -2.26. The zero-order chi connectivity index (χ0) is 12.1. The molecule has 0 spiro atoms. The second-order valence-electron chi connectivity index (χ2n) is 4.74.